The van der Waals surface area contributed by atoms with Gasteiger partial charge in [0.2, 0.25) is 5.91 Å². The van der Waals surface area contributed by atoms with Crippen LogP contribution in [0.2, 0.25) is 5.02 Å². The summed E-state index contributed by atoms with van der Waals surface area (Å²) in [6.07, 6.45) is 0. The van der Waals surface area contributed by atoms with Crippen LogP contribution in [-0.4, -0.2) is 25.2 Å². The second kappa shape index (κ2) is 13.2. The van der Waals surface area contributed by atoms with Crippen LogP contribution in [0.4, 0.5) is 17.1 Å². The summed E-state index contributed by atoms with van der Waals surface area (Å²) < 4.78 is 10.6. The van der Waals surface area contributed by atoms with Crippen molar-refractivity contribution in [3.05, 3.63) is 108 Å². The monoisotopic (exact) mass is 563 g/mol. The predicted octanol–water partition coefficient (Wildman–Crippen LogP) is 7.64. The second-order valence-corrected chi connectivity index (χ2v) is 10.0. The first-order valence-electron chi connectivity index (χ1n) is 11.6. The minimum absolute atomic E-state index is 0.172. The van der Waals surface area contributed by atoms with Crippen molar-refractivity contribution in [2.75, 3.05) is 30.2 Å². The number of carbonyl (C=O) groups excluding carboxylic acids is 1. The maximum Gasteiger partial charge on any atom is 0.242 e. The van der Waals surface area contributed by atoms with Crippen molar-refractivity contribution in [1.82, 2.24) is 0 Å². The molecule has 0 aliphatic rings. The zero-order valence-electron chi connectivity index (χ0n) is 20.7. The van der Waals surface area contributed by atoms with Gasteiger partial charge in [-0.25, -0.2) is 0 Å². The van der Waals surface area contributed by atoms with Crippen molar-refractivity contribution in [3.63, 3.8) is 0 Å². The molecule has 0 aromatic heterocycles. The Labute approximate surface area is 236 Å². The summed E-state index contributed by atoms with van der Waals surface area (Å²) >= 11 is 13.2. The molecular weight excluding hydrogens is 538 g/mol. The molecule has 0 fully saturated rings. The molecule has 0 saturated heterocycles. The van der Waals surface area contributed by atoms with Crippen LogP contribution in [0, 0.1) is 0 Å². The highest BCUT2D eigenvalue weighted by Crippen LogP contribution is 2.38. The number of para-hydroxylation sites is 2. The van der Waals surface area contributed by atoms with Crippen LogP contribution in [0.3, 0.4) is 0 Å². The number of amides is 1. The molecule has 4 aromatic carbocycles. The smallest absolute Gasteiger partial charge is 0.242 e. The highest BCUT2D eigenvalue weighted by Gasteiger charge is 2.23. The number of halogens is 1. The molecule has 4 aromatic rings. The van der Waals surface area contributed by atoms with Crippen molar-refractivity contribution >= 4 is 63.7 Å². The van der Waals surface area contributed by atoms with Crippen molar-refractivity contribution in [2.45, 2.75) is 10.1 Å². The molecule has 0 spiro atoms. The van der Waals surface area contributed by atoms with Gasteiger partial charge in [-0.1, -0.05) is 60.1 Å². The summed E-state index contributed by atoms with van der Waals surface area (Å²) in [4.78, 5) is 14.3. The summed E-state index contributed by atoms with van der Waals surface area (Å²) in [7, 11) is 3.16. The molecule has 38 heavy (non-hydrogen) atoms. The molecule has 9 heteroatoms. The van der Waals surface area contributed by atoms with E-state index in [4.69, 9.17) is 33.3 Å². The maximum atomic E-state index is 13.4. The minimum atomic E-state index is -0.508. The third-order valence-corrected chi connectivity index (χ3v) is 7.21. The molecule has 6 nitrogen and oxygen atoms in total. The number of thiocarbonyl (C=S) groups is 1. The van der Waals surface area contributed by atoms with Crippen LogP contribution in [0.25, 0.3) is 0 Å². The van der Waals surface area contributed by atoms with E-state index >= 15 is 0 Å². The summed E-state index contributed by atoms with van der Waals surface area (Å²) in [5.74, 6) is 1.06. The largest absolute Gasteiger partial charge is 0.495 e. The molecule has 0 heterocycles. The number of benzene rings is 4. The summed E-state index contributed by atoms with van der Waals surface area (Å²) in [6.45, 7) is 0. The fourth-order valence-corrected chi connectivity index (χ4v) is 5.24. The summed E-state index contributed by atoms with van der Waals surface area (Å²) in [5.41, 5.74) is 3.01. The fourth-order valence-electron chi connectivity index (χ4n) is 3.67. The van der Waals surface area contributed by atoms with Gasteiger partial charge in [0, 0.05) is 16.3 Å². The first-order valence-corrected chi connectivity index (χ1v) is 13.3. The van der Waals surface area contributed by atoms with Gasteiger partial charge in [0.05, 0.1) is 24.9 Å². The van der Waals surface area contributed by atoms with Gasteiger partial charge in [0.25, 0.3) is 0 Å². The Balaban J connectivity index is 1.50. The number of hydrogen-bond acceptors (Lipinski definition) is 5. The Kier molecular flexibility index (Phi) is 9.48. The Morgan fingerprint density at radius 2 is 1.50 bits per heavy atom. The molecule has 0 aliphatic heterocycles. The lowest BCUT2D eigenvalue weighted by atomic mass is 10.1. The first-order chi connectivity index (χ1) is 18.5. The predicted molar refractivity (Wildman–Crippen MR) is 161 cm³/mol. The highest BCUT2D eigenvalue weighted by atomic mass is 35.5. The van der Waals surface area contributed by atoms with Gasteiger partial charge in [0.15, 0.2) is 5.11 Å². The third kappa shape index (κ3) is 7.19. The number of methoxy groups -OCH3 is 2. The van der Waals surface area contributed by atoms with Crippen LogP contribution >= 0.6 is 35.6 Å². The molecule has 0 bridgehead atoms. The van der Waals surface area contributed by atoms with E-state index in [1.165, 1.54) is 11.8 Å². The van der Waals surface area contributed by atoms with E-state index in [9.17, 15) is 4.79 Å². The van der Waals surface area contributed by atoms with E-state index in [0.717, 1.165) is 21.8 Å². The van der Waals surface area contributed by atoms with Crippen LogP contribution in [0.15, 0.2) is 102 Å². The Morgan fingerprint density at radius 3 is 2.24 bits per heavy atom. The number of hydrogen-bond donors (Lipinski definition) is 3. The summed E-state index contributed by atoms with van der Waals surface area (Å²) in [5, 5.41) is 9.68. The minimum Gasteiger partial charge on any atom is -0.495 e. The quantitative estimate of drug-likeness (QED) is 0.143. The van der Waals surface area contributed by atoms with Crippen LogP contribution in [0.1, 0.15) is 10.8 Å². The lowest BCUT2D eigenvalue weighted by molar-refractivity contribution is -0.115. The molecule has 0 saturated carbocycles. The van der Waals surface area contributed by atoms with Crippen molar-refractivity contribution < 1.29 is 14.3 Å². The first kappa shape index (κ1) is 27.3. The SMILES string of the molecule is COc1ccc(NC(=O)C(Sc2cccc(NC(=S)Nc3ccccc3OC)c2)c2ccccc2)cc1Cl. The molecule has 4 rings (SSSR count). The lowest BCUT2D eigenvalue weighted by Gasteiger charge is -2.18. The molecule has 0 aliphatic carbocycles. The molecular formula is C29H26ClN3O3S2. The van der Waals surface area contributed by atoms with Crippen LogP contribution in [0.5, 0.6) is 11.5 Å². The Hall–Kier alpha value is -3.72. The van der Waals surface area contributed by atoms with E-state index in [2.05, 4.69) is 16.0 Å². The zero-order valence-corrected chi connectivity index (χ0v) is 23.1. The van der Waals surface area contributed by atoms with E-state index in [1.807, 2.05) is 78.9 Å². The molecule has 1 amide bonds. The van der Waals surface area contributed by atoms with Gasteiger partial charge in [-0.15, -0.1) is 11.8 Å². The van der Waals surface area contributed by atoms with E-state index in [1.54, 1.807) is 32.4 Å². The van der Waals surface area contributed by atoms with Gasteiger partial charge < -0.3 is 25.4 Å². The lowest BCUT2D eigenvalue weighted by Crippen LogP contribution is -2.20. The third-order valence-electron chi connectivity index (χ3n) is 5.46. The molecule has 1 unspecified atom stereocenters. The normalized spacial score (nSPS) is 11.2. The number of thioether (sulfide) groups is 1. The second-order valence-electron chi connectivity index (χ2n) is 8.05. The van der Waals surface area contributed by atoms with Crippen LogP contribution in [-0.2, 0) is 4.79 Å². The zero-order chi connectivity index (χ0) is 26.9. The van der Waals surface area contributed by atoms with Crippen molar-refractivity contribution in [3.8, 4) is 11.5 Å². The van der Waals surface area contributed by atoms with Gasteiger partial charge >= 0.3 is 0 Å². The van der Waals surface area contributed by atoms with Crippen LogP contribution < -0.4 is 25.4 Å². The number of carbonyl (C=O) groups is 1. The molecule has 194 valence electrons. The van der Waals surface area contributed by atoms with E-state index < -0.39 is 5.25 Å². The van der Waals surface area contributed by atoms with E-state index in [-0.39, 0.29) is 5.91 Å². The number of nitrogens with one attached hydrogen (secondary N) is 3. The van der Waals surface area contributed by atoms with Gasteiger partial charge in [-0.3, -0.25) is 4.79 Å². The van der Waals surface area contributed by atoms with Crippen molar-refractivity contribution in [1.29, 1.82) is 0 Å². The fraction of sp³-hybridized carbons (Fsp3) is 0.103. The standard InChI is InChI=1S/C29H26ClN3O3S2/c1-35-25-16-15-21(18-23(25)30)31-28(34)27(19-9-4-3-5-10-19)38-22-12-8-11-20(17-22)32-29(37)33-24-13-6-7-14-26(24)36-2/h3-18,27H,1-2H3,(H,31,34)(H2,32,33,37). The number of anilines is 3. The molecule has 1 atom stereocenters. The molecule has 3 N–H and O–H groups in total. The number of ether oxygens (including phenoxy) is 2. The number of rotatable bonds is 9. The topological polar surface area (TPSA) is 71.6 Å². The Bertz CT molecular complexity index is 1420. The maximum absolute atomic E-state index is 13.4. The molecule has 0 radical (unpaired) electrons. The summed E-state index contributed by atoms with van der Waals surface area (Å²) in [6, 6.07) is 30.1. The average Bonchev–Trinajstić information content (AvgIpc) is 2.92. The van der Waals surface area contributed by atoms with Gasteiger partial charge in [-0.05, 0) is 66.3 Å². The highest BCUT2D eigenvalue weighted by molar-refractivity contribution is 8.00. The van der Waals surface area contributed by atoms with Gasteiger partial charge in [0.1, 0.15) is 16.7 Å². The Morgan fingerprint density at radius 1 is 0.789 bits per heavy atom. The van der Waals surface area contributed by atoms with Crippen molar-refractivity contribution in [2.24, 2.45) is 0 Å². The van der Waals surface area contributed by atoms with Gasteiger partial charge in [-0.2, -0.15) is 0 Å². The van der Waals surface area contributed by atoms with E-state index in [0.29, 0.717) is 27.3 Å². The average molecular weight is 564 g/mol.